The molecule has 0 unspecified atom stereocenters. The zero-order valence-electron chi connectivity index (χ0n) is 9.87. The molecule has 1 aromatic heterocycles. The fourth-order valence-electron chi connectivity index (χ4n) is 1.44. The molecule has 1 aromatic carbocycles. The Morgan fingerprint density at radius 1 is 1.22 bits per heavy atom. The minimum absolute atomic E-state index is 0.385. The molecule has 0 fully saturated rings. The number of hydrogen-bond acceptors (Lipinski definition) is 2. The van der Waals surface area contributed by atoms with E-state index >= 15 is 0 Å². The van der Waals surface area contributed by atoms with Crippen molar-refractivity contribution in [3.63, 3.8) is 0 Å². The van der Waals surface area contributed by atoms with Crippen LogP contribution in [-0.2, 0) is 5.54 Å². The number of nitrogens with zero attached hydrogens (tertiary/aromatic N) is 2. The molecular weight excluding hydrogens is 254 g/mol. The van der Waals surface area contributed by atoms with E-state index in [1.54, 1.807) is 19.2 Å². The second-order valence-electron chi connectivity index (χ2n) is 4.37. The molecule has 0 aliphatic carbocycles. The average molecular weight is 264 g/mol. The predicted octanol–water partition coefficient (Wildman–Crippen LogP) is 4.24. The molecule has 2 rings (SSSR count). The molecule has 0 aliphatic rings. The van der Waals surface area contributed by atoms with Crippen molar-refractivity contribution < 1.29 is 8.78 Å². The van der Waals surface area contributed by atoms with Crippen LogP contribution in [0.25, 0.3) is 16.1 Å². The molecule has 92 valence electrons. The third kappa shape index (κ3) is 2.39. The summed E-state index contributed by atoms with van der Waals surface area (Å²) in [6, 6.07) is 3.28. The summed E-state index contributed by atoms with van der Waals surface area (Å²) in [5.74, 6) is -1.27. The largest absolute Gasteiger partial charge is 0.303 e. The van der Waals surface area contributed by atoms with Crippen molar-refractivity contribution in [1.82, 2.24) is 4.98 Å². The summed E-state index contributed by atoms with van der Waals surface area (Å²) in [6.45, 7) is 10.6. The minimum atomic E-state index is -0.714. The third-order valence-corrected chi connectivity index (χ3v) is 3.62. The quantitative estimate of drug-likeness (QED) is 0.741. The fourth-order valence-corrected chi connectivity index (χ4v) is 2.33. The second-order valence-corrected chi connectivity index (χ2v) is 5.22. The van der Waals surface area contributed by atoms with Gasteiger partial charge in [-0.3, -0.25) is 0 Å². The average Bonchev–Trinajstić information content (AvgIpc) is 2.77. The number of halogens is 2. The Morgan fingerprint density at radius 2 is 1.83 bits per heavy atom. The molecule has 0 spiro atoms. The lowest BCUT2D eigenvalue weighted by molar-refractivity contribution is 0.584. The Labute approximate surface area is 108 Å². The minimum Gasteiger partial charge on any atom is -0.303 e. The molecule has 18 heavy (non-hydrogen) atoms. The first-order chi connectivity index (χ1) is 8.42. The summed E-state index contributed by atoms with van der Waals surface area (Å²) in [5.41, 5.74) is 0.162. The molecule has 0 saturated carbocycles. The van der Waals surface area contributed by atoms with E-state index in [0.717, 1.165) is 6.07 Å². The molecule has 0 radical (unpaired) electrons. The first-order valence-electron chi connectivity index (χ1n) is 5.23. The van der Waals surface area contributed by atoms with Gasteiger partial charge in [-0.1, -0.05) is 0 Å². The van der Waals surface area contributed by atoms with Crippen LogP contribution < -0.4 is 0 Å². The third-order valence-electron chi connectivity index (χ3n) is 2.47. The van der Waals surface area contributed by atoms with Crippen molar-refractivity contribution in [2.45, 2.75) is 19.4 Å². The Hall–Kier alpha value is -1.80. The highest BCUT2D eigenvalue weighted by molar-refractivity contribution is 7.10. The Morgan fingerprint density at radius 3 is 2.39 bits per heavy atom. The summed E-state index contributed by atoms with van der Waals surface area (Å²) in [4.78, 5) is 7.76. The molecule has 2 nitrogen and oxygen atoms in total. The number of benzene rings is 1. The van der Waals surface area contributed by atoms with Crippen molar-refractivity contribution in [3.8, 4) is 11.3 Å². The van der Waals surface area contributed by atoms with Crippen LogP contribution in [0.2, 0.25) is 0 Å². The standard InChI is InChI=1S/C13H10F2N2S/c1-13(2,16-3)12-17-11(7-18-12)8-4-9(14)6-10(15)5-8/h4-7H,1-2H3. The molecule has 0 aliphatic heterocycles. The maximum absolute atomic E-state index is 13.1. The van der Waals surface area contributed by atoms with E-state index in [2.05, 4.69) is 9.83 Å². The summed E-state index contributed by atoms with van der Waals surface area (Å²) < 4.78 is 26.2. The van der Waals surface area contributed by atoms with E-state index < -0.39 is 17.2 Å². The number of rotatable bonds is 2. The highest BCUT2D eigenvalue weighted by atomic mass is 32.1. The van der Waals surface area contributed by atoms with Crippen molar-refractivity contribution >= 4 is 11.3 Å². The molecule has 0 N–H and O–H groups in total. The van der Waals surface area contributed by atoms with Crippen LogP contribution in [0, 0.1) is 18.2 Å². The Kier molecular flexibility index (Phi) is 3.14. The molecule has 0 atom stereocenters. The molecular formula is C13H10F2N2S. The van der Waals surface area contributed by atoms with Gasteiger partial charge >= 0.3 is 0 Å². The van der Waals surface area contributed by atoms with Gasteiger partial charge in [-0.2, -0.15) is 0 Å². The van der Waals surface area contributed by atoms with E-state index in [1.165, 1.54) is 23.5 Å². The summed E-state index contributed by atoms with van der Waals surface area (Å²) >= 11 is 1.32. The van der Waals surface area contributed by atoms with Crippen molar-refractivity contribution in [1.29, 1.82) is 0 Å². The van der Waals surface area contributed by atoms with Crippen molar-refractivity contribution in [3.05, 3.63) is 51.6 Å². The van der Waals surface area contributed by atoms with Gasteiger partial charge in [0, 0.05) is 30.9 Å². The highest BCUT2D eigenvalue weighted by Crippen LogP contribution is 2.31. The van der Waals surface area contributed by atoms with E-state index in [4.69, 9.17) is 6.57 Å². The summed E-state index contributed by atoms with van der Waals surface area (Å²) in [5, 5.41) is 2.34. The van der Waals surface area contributed by atoms with Gasteiger partial charge in [0.15, 0.2) is 5.01 Å². The Bertz CT molecular complexity index is 606. The monoisotopic (exact) mass is 264 g/mol. The summed E-state index contributed by atoms with van der Waals surface area (Å²) in [6.07, 6.45) is 0. The number of hydrogen-bond donors (Lipinski definition) is 0. The molecule has 0 amide bonds. The van der Waals surface area contributed by atoms with Gasteiger partial charge in [-0.15, -0.1) is 11.3 Å². The number of aromatic nitrogens is 1. The van der Waals surface area contributed by atoms with Gasteiger partial charge in [0.1, 0.15) is 11.6 Å². The van der Waals surface area contributed by atoms with Crippen LogP contribution in [0.3, 0.4) is 0 Å². The van der Waals surface area contributed by atoms with Gasteiger partial charge in [-0.05, 0) is 12.1 Å². The van der Waals surface area contributed by atoms with E-state index in [0.29, 0.717) is 16.3 Å². The van der Waals surface area contributed by atoms with Crippen LogP contribution >= 0.6 is 11.3 Å². The summed E-state index contributed by atoms with van der Waals surface area (Å²) in [7, 11) is 0. The van der Waals surface area contributed by atoms with E-state index in [-0.39, 0.29) is 0 Å². The van der Waals surface area contributed by atoms with Crippen molar-refractivity contribution in [2.75, 3.05) is 0 Å². The van der Waals surface area contributed by atoms with Crippen LogP contribution in [-0.4, -0.2) is 4.98 Å². The van der Waals surface area contributed by atoms with E-state index in [9.17, 15) is 8.78 Å². The second kappa shape index (κ2) is 4.46. The van der Waals surface area contributed by atoms with Gasteiger partial charge in [0.2, 0.25) is 0 Å². The maximum atomic E-state index is 13.1. The molecule has 0 bridgehead atoms. The smallest absolute Gasteiger partial charge is 0.277 e. The van der Waals surface area contributed by atoms with Crippen LogP contribution in [0.15, 0.2) is 23.6 Å². The SMILES string of the molecule is [C-]#[N+]C(C)(C)c1nc(-c2cc(F)cc(F)c2)cs1. The normalized spacial score (nSPS) is 11.3. The Balaban J connectivity index is 2.45. The van der Waals surface area contributed by atoms with E-state index in [1.807, 2.05) is 0 Å². The lowest BCUT2D eigenvalue weighted by Gasteiger charge is -2.05. The lowest BCUT2D eigenvalue weighted by Crippen LogP contribution is -2.10. The van der Waals surface area contributed by atoms with Crippen LogP contribution in [0.1, 0.15) is 18.9 Å². The van der Waals surface area contributed by atoms with Gasteiger partial charge in [-0.25, -0.2) is 20.3 Å². The first-order valence-corrected chi connectivity index (χ1v) is 6.11. The van der Waals surface area contributed by atoms with Gasteiger partial charge in [0.25, 0.3) is 5.54 Å². The molecule has 0 saturated heterocycles. The highest BCUT2D eigenvalue weighted by Gasteiger charge is 2.30. The number of thiazole rings is 1. The maximum Gasteiger partial charge on any atom is 0.277 e. The topological polar surface area (TPSA) is 17.2 Å². The molecule has 2 aromatic rings. The van der Waals surface area contributed by atoms with Gasteiger partial charge < -0.3 is 4.85 Å². The van der Waals surface area contributed by atoms with Crippen LogP contribution in [0.5, 0.6) is 0 Å². The lowest BCUT2D eigenvalue weighted by atomic mass is 10.1. The first kappa shape index (κ1) is 12.7. The van der Waals surface area contributed by atoms with Crippen molar-refractivity contribution in [2.24, 2.45) is 0 Å². The van der Waals surface area contributed by atoms with Gasteiger partial charge in [0.05, 0.1) is 5.69 Å². The van der Waals surface area contributed by atoms with Crippen LogP contribution in [0.4, 0.5) is 8.78 Å². The fraction of sp³-hybridized carbons (Fsp3) is 0.231. The zero-order chi connectivity index (χ0) is 13.3. The predicted molar refractivity (Wildman–Crippen MR) is 67.1 cm³/mol. The molecule has 5 heteroatoms. The zero-order valence-corrected chi connectivity index (χ0v) is 10.7. The molecule has 1 heterocycles.